The molecule has 0 spiro atoms. The quantitative estimate of drug-likeness (QED) is 0.557. The van der Waals surface area contributed by atoms with Gasteiger partial charge in [0.15, 0.2) is 6.61 Å². The van der Waals surface area contributed by atoms with Crippen molar-refractivity contribution in [2.75, 3.05) is 13.2 Å². The molecule has 1 fully saturated rings. The number of hydrogen-bond donors (Lipinski definition) is 1. The topological polar surface area (TPSA) is 89.7 Å². The van der Waals surface area contributed by atoms with E-state index in [1.54, 1.807) is 4.90 Å². The van der Waals surface area contributed by atoms with Gasteiger partial charge in [-0.25, -0.2) is 0 Å². The number of nitrogens with zero attached hydrogens (tertiary/aromatic N) is 1. The van der Waals surface area contributed by atoms with Crippen molar-refractivity contribution in [3.8, 4) is 0 Å². The van der Waals surface area contributed by atoms with Crippen LogP contribution in [0, 0.1) is 0 Å². The Balaban J connectivity index is 2.16. The number of esters is 1. The lowest BCUT2D eigenvalue weighted by atomic mass is 10.0. The molecule has 1 saturated heterocycles. The highest BCUT2D eigenvalue weighted by atomic mass is 16.5. The number of hydrogen-bond acceptors (Lipinski definition) is 4. The number of nitrogens with two attached hydrogens (primary N) is 1. The Morgan fingerprint density at radius 3 is 2.55 bits per heavy atom. The van der Waals surface area contributed by atoms with Crippen LogP contribution in [0.2, 0.25) is 0 Å². The van der Waals surface area contributed by atoms with Crippen molar-refractivity contribution in [2.45, 2.75) is 57.9 Å². The molecule has 2 N–H and O–H groups in total. The van der Waals surface area contributed by atoms with E-state index in [0.717, 1.165) is 25.8 Å². The minimum Gasteiger partial charge on any atom is -0.456 e. The predicted octanol–water partition coefficient (Wildman–Crippen LogP) is 0.976. The van der Waals surface area contributed by atoms with Gasteiger partial charge in [-0.1, -0.05) is 0 Å². The van der Waals surface area contributed by atoms with Gasteiger partial charge in [-0.2, -0.15) is 0 Å². The van der Waals surface area contributed by atoms with Gasteiger partial charge in [0.25, 0.3) is 5.91 Å². The first-order chi connectivity index (χ1) is 9.50. The Labute approximate surface area is 119 Å². The molecule has 0 aliphatic carbocycles. The van der Waals surface area contributed by atoms with Gasteiger partial charge < -0.3 is 15.4 Å². The standard InChI is InChI=1S/C14H24N2O4/c1-11-6-4-5-9-16(11)13(18)10-20-14(19)8-3-2-7-12(15)17/h11H,2-10H2,1H3,(H2,15,17)/t11-/m1/s1. The molecular weight excluding hydrogens is 260 g/mol. The number of likely N-dealkylation sites (tertiary alicyclic amines) is 1. The molecule has 20 heavy (non-hydrogen) atoms. The Morgan fingerprint density at radius 2 is 1.90 bits per heavy atom. The van der Waals surface area contributed by atoms with E-state index in [2.05, 4.69) is 0 Å². The molecule has 0 aromatic carbocycles. The number of amides is 2. The van der Waals surface area contributed by atoms with Crippen LogP contribution in [-0.2, 0) is 19.1 Å². The highest BCUT2D eigenvalue weighted by Gasteiger charge is 2.23. The molecule has 0 aromatic rings. The maximum Gasteiger partial charge on any atom is 0.306 e. The molecule has 1 aliphatic rings. The molecule has 0 radical (unpaired) electrons. The molecular formula is C14H24N2O4. The van der Waals surface area contributed by atoms with E-state index < -0.39 is 5.97 Å². The van der Waals surface area contributed by atoms with E-state index in [1.165, 1.54) is 0 Å². The minimum absolute atomic E-state index is 0.123. The van der Waals surface area contributed by atoms with E-state index in [-0.39, 0.29) is 37.3 Å². The van der Waals surface area contributed by atoms with E-state index in [1.807, 2.05) is 6.92 Å². The second-order valence-corrected chi connectivity index (χ2v) is 5.27. The fraction of sp³-hybridized carbons (Fsp3) is 0.786. The lowest BCUT2D eigenvalue weighted by Crippen LogP contribution is -2.44. The predicted molar refractivity (Wildman–Crippen MR) is 73.6 cm³/mol. The molecule has 0 aromatic heterocycles. The van der Waals surface area contributed by atoms with Crippen molar-refractivity contribution in [1.29, 1.82) is 0 Å². The fourth-order valence-electron chi connectivity index (χ4n) is 2.33. The summed E-state index contributed by atoms with van der Waals surface area (Å²) in [5, 5.41) is 0. The number of rotatable bonds is 7. The summed E-state index contributed by atoms with van der Waals surface area (Å²) in [7, 11) is 0. The summed E-state index contributed by atoms with van der Waals surface area (Å²) >= 11 is 0. The molecule has 6 nitrogen and oxygen atoms in total. The van der Waals surface area contributed by atoms with Gasteiger partial charge in [-0.15, -0.1) is 0 Å². The van der Waals surface area contributed by atoms with Gasteiger partial charge in [0.2, 0.25) is 5.91 Å². The first kappa shape index (κ1) is 16.5. The largest absolute Gasteiger partial charge is 0.456 e. The summed E-state index contributed by atoms with van der Waals surface area (Å²) in [6.07, 6.45) is 4.78. The van der Waals surface area contributed by atoms with Crippen LogP contribution in [0.5, 0.6) is 0 Å². The van der Waals surface area contributed by atoms with Crippen LogP contribution < -0.4 is 5.73 Å². The number of ether oxygens (including phenoxy) is 1. The highest BCUT2D eigenvalue weighted by molar-refractivity contribution is 5.81. The molecule has 0 unspecified atom stereocenters. The zero-order valence-electron chi connectivity index (χ0n) is 12.1. The average Bonchev–Trinajstić information content (AvgIpc) is 2.41. The zero-order valence-corrected chi connectivity index (χ0v) is 12.1. The lowest BCUT2D eigenvalue weighted by Gasteiger charge is -2.33. The first-order valence-electron chi connectivity index (χ1n) is 7.24. The molecule has 1 aliphatic heterocycles. The maximum absolute atomic E-state index is 11.9. The van der Waals surface area contributed by atoms with Gasteiger partial charge in [0.1, 0.15) is 0 Å². The van der Waals surface area contributed by atoms with Crippen LogP contribution in [0.25, 0.3) is 0 Å². The Morgan fingerprint density at radius 1 is 1.20 bits per heavy atom. The number of piperidine rings is 1. The van der Waals surface area contributed by atoms with E-state index >= 15 is 0 Å². The summed E-state index contributed by atoms with van der Waals surface area (Å²) in [5.41, 5.74) is 5.00. The van der Waals surface area contributed by atoms with Crippen LogP contribution in [-0.4, -0.2) is 41.9 Å². The van der Waals surface area contributed by atoms with Crippen molar-refractivity contribution >= 4 is 17.8 Å². The van der Waals surface area contributed by atoms with Crippen LogP contribution in [0.4, 0.5) is 0 Å². The van der Waals surface area contributed by atoms with Crippen LogP contribution in [0.1, 0.15) is 51.9 Å². The van der Waals surface area contributed by atoms with Gasteiger partial charge in [0, 0.05) is 25.4 Å². The molecule has 114 valence electrons. The van der Waals surface area contributed by atoms with Crippen LogP contribution in [0.3, 0.4) is 0 Å². The molecule has 0 saturated carbocycles. The third-order valence-electron chi connectivity index (χ3n) is 3.53. The number of carbonyl (C=O) groups is 3. The Bertz CT molecular complexity index is 357. The van der Waals surface area contributed by atoms with Gasteiger partial charge in [0.05, 0.1) is 0 Å². The van der Waals surface area contributed by atoms with Crippen molar-refractivity contribution in [3.05, 3.63) is 0 Å². The summed E-state index contributed by atoms with van der Waals surface area (Å²) in [6.45, 7) is 2.58. The molecule has 2 amide bonds. The number of primary amides is 1. The monoisotopic (exact) mass is 284 g/mol. The van der Waals surface area contributed by atoms with E-state index in [0.29, 0.717) is 12.8 Å². The third-order valence-corrected chi connectivity index (χ3v) is 3.53. The fourth-order valence-corrected chi connectivity index (χ4v) is 2.33. The second-order valence-electron chi connectivity index (χ2n) is 5.27. The lowest BCUT2D eigenvalue weighted by molar-refractivity contribution is -0.153. The SMILES string of the molecule is C[C@@H]1CCCCN1C(=O)COC(=O)CCCCC(N)=O. The zero-order chi connectivity index (χ0) is 15.0. The summed E-state index contributed by atoms with van der Waals surface area (Å²) in [5.74, 6) is -0.886. The molecule has 6 heteroatoms. The normalized spacial score (nSPS) is 18.6. The van der Waals surface area contributed by atoms with Crippen molar-refractivity contribution in [2.24, 2.45) is 5.73 Å². The van der Waals surface area contributed by atoms with E-state index in [4.69, 9.17) is 10.5 Å². The molecule has 0 bridgehead atoms. The van der Waals surface area contributed by atoms with Crippen molar-refractivity contribution in [3.63, 3.8) is 0 Å². The Kier molecular flexibility index (Phi) is 7.04. The average molecular weight is 284 g/mol. The number of unbranched alkanes of at least 4 members (excludes halogenated alkanes) is 1. The maximum atomic E-state index is 11.9. The van der Waals surface area contributed by atoms with Crippen molar-refractivity contribution < 1.29 is 19.1 Å². The van der Waals surface area contributed by atoms with Crippen LogP contribution in [0.15, 0.2) is 0 Å². The molecule has 1 atom stereocenters. The second kappa shape index (κ2) is 8.55. The van der Waals surface area contributed by atoms with Gasteiger partial charge >= 0.3 is 5.97 Å². The van der Waals surface area contributed by atoms with Gasteiger partial charge in [-0.3, -0.25) is 14.4 Å². The smallest absolute Gasteiger partial charge is 0.306 e. The third kappa shape index (κ3) is 6.04. The first-order valence-corrected chi connectivity index (χ1v) is 7.24. The minimum atomic E-state index is -0.396. The van der Waals surface area contributed by atoms with E-state index in [9.17, 15) is 14.4 Å². The molecule has 1 rings (SSSR count). The van der Waals surface area contributed by atoms with Gasteiger partial charge in [-0.05, 0) is 39.0 Å². The van der Waals surface area contributed by atoms with Crippen LogP contribution >= 0.6 is 0 Å². The van der Waals surface area contributed by atoms with Crippen molar-refractivity contribution in [1.82, 2.24) is 4.90 Å². The summed E-state index contributed by atoms with van der Waals surface area (Å²) < 4.78 is 4.97. The molecule has 1 heterocycles. The number of carbonyl (C=O) groups excluding carboxylic acids is 3. The highest BCUT2D eigenvalue weighted by Crippen LogP contribution is 2.16. The summed E-state index contributed by atoms with van der Waals surface area (Å²) in [6, 6.07) is 0.227. The summed E-state index contributed by atoms with van der Waals surface area (Å²) in [4.78, 5) is 35.7. The Hall–Kier alpha value is -1.59.